The zero-order chi connectivity index (χ0) is 18.1. The molecule has 0 radical (unpaired) electrons. The summed E-state index contributed by atoms with van der Waals surface area (Å²) in [6.07, 6.45) is 2.65. The third-order valence-electron chi connectivity index (χ3n) is 4.86. The van der Waals surface area contributed by atoms with Gasteiger partial charge in [-0.2, -0.15) is 0 Å². The highest BCUT2D eigenvalue weighted by Crippen LogP contribution is 2.41. The predicted molar refractivity (Wildman–Crippen MR) is 94.4 cm³/mol. The van der Waals surface area contributed by atoms with Crippen LogP contribution in [0.15, 0.2) is 36.4 Å². The van der Waals surface area contributed by atoms with E-state index in [-0.39, 0.29) is 11.7 Å². The Morgan fingerprint density at radius 1 is 1.08 bits per heavy atom. The molecule has 1 fully saturated rings. The molecule has 26 heavy (non-hydrogen) atoms. The third-order valence-corrected chi connectivity index (χ3v) is 4.86. The number of hydrogen-bond acceptors (Lipinski definition) is 5. The van der Waals surface area contributed by atoms with Crippen LogP contribution in [0.2, 0.25) is 0 Å². The molecule has 2 heterocycles. The fraction of sp³-hybridized carbons (Fsp3) is 0.368. The van der Waals surface area contributed by atoms with Gasteiger partial charge in [0.25, 0.3) is 5.69 Å². The normalized spacial score (nSPS) is 19.3. The van der Waals surface area contributed by atoms with E-state index in [9.17, 15) is 14.5 Å². The van der Waals surface area contributed by atoms with Crippen molar-refractivity contribution >= 4 is 11.4 Å². The monoisotopic (exact) mass is 358 g/mol. The highest BCUT2D eigenvalue weighted by atomic mass is 19.1. The van der Waals surface area contributed by atoms with Gasteiger partial charge in [0.15, 0.2) is 17.3 Å². The first-order valence-corrected chi connectivity index (χ1v) is 8.73. The van der Waals surface area contributed by atoms with Gasteiger partial charge in [0.1, 0.15) is 0 Å². The number of hydrogen-bond donors (Lipinski definition) is 0. The summed E-state index contributed by atoms with van der Waals surface area (Å²) in [5.74, 6) is 0.883. The lowest BCUT2D eigenvalue weighted by molar-refractivity contribution is -0.385. The molecule has 7 heteroatoms. The van der Waals surface area contributed by atoms with Crippen molar-refractivity contribution < 1.29 is 18.8 Å². The molecular weight excluding hydrogens is 339 g/mol. The van der Waals surface area contributed by atoms with Crippen LogP contribution < -0.4 is 14.4 Å². The molecule has 4 rings (SSSR count). The van der Waals surface area contributed by atoms with Gasteiger partial charge in [0.2, 0.25) is 0 Å². The van der Waals surface area contributed by atoms with Crippen molar-refractivity contribution in [3.8, 4) is 11.5 Å². The highest BCUT2D eigenvalue weighted by molar-refractivity contribution is 5.56. The van der Waals surface area contributed by atoms with Crippen molar-refractivity contribution in [1.29, 1.82) is 0 Å². The Kier molecular flexibility index (Phi) is 4.36. The number of nitro benzene ring substituents is 1. The van der Waals surface area contributed by atoms with Crippen LogP contribution in [-0.4, -0.2) is 24.7 Å². The number of rotatable bonds is 3. The van der Waals surface area contributed by atoms with Crippen LogP contribution in [0.1, 0.15) is 30.9 Å². The van der Waals surface area contributed by atoms with Crippen molar-refractivity contribution in [3.05, 3.63) is 57.9 Å². The van der Waals surface area contributed by atoms with Crippen molar-refractivity contribution in [2.45, 2.75) is 25.3 Å². The van der Waals surface area contributed by atoms with Crippen molar-refractivity contribution in [2.75, 3.05) is 24.7 Å². The van der Waals surface area contributed by atoms with Gasteiger partial charge >= 0.3 is 0 Å². The summed E-state index contributed by atoms with van der Waals surface area (Å²) in [5, 5.41) is 10.8. The molecule has 136 valence electrons. The van der Waals surface area contributed by atoms with Gasteiger partial charge in [0, 0.05) is 19.0 Å². The molecule has 0 bridgehead atoms. The molecular formula is C19H19FN2O4. The van der Waals surface area contributed by atoms with E-state index in [1.54, 1.807) is 0 Å². The Labute approximate surface area is 150 Å². The number of nitro groups is 1. The molecule has 2 aromatic rings. The van der Waals surface area contributed by atoms with E-state index in [1.807, 2.05) is 23.1 Å². The molecule has 0 aliphatic carbocycles. The Morgan fingerprint density at radius 2 is 1.88 bits per heavy atom. The smallest absolute Gasteiger partial charge is 0.272 e. The molecule has 1 atom stereocenters. The molecule has 2 aliphatic heterocycles. The Bertz CT molecular complexity index is 842. The number of non-ortho nitro benzene ring substituents is 1. The lowest BCUT2D eigenvalue weighted by atomic mass is 10.0. The lowest BCUT2D eigenvalue weighted by Crippen LogP contribution is -2.23. The van der Waals surface area contributed by atoms with E-state index in [0.29, 0.717) is 25.4 Å². The molecule has 0 aromatic heterocycles. The molecule has 0 saturated carbocycles. The first-order valence-electron chi connectivity index (χ1n) is 8.73. The number of halogens is 1. The maximum absolute atomic E-state index is 14.5. The van der Waals surface area contributed by atoms with Crippen LogP contribution in [0.25, 0.3) is 0 Å². The van der Waals surface area contributed by atoms with Gasteiger partial charge in [-0.25, -0.2) is 4.39 Å². The molecule has 0 amide bonds. The van der Waals surface area contributed by atoms with Crippen LogP contribution in [0.5, 0.6) is 11.5 Å². The van der Waals surface area contributed by atoms with E-state index in [2.05, 4.69) is 0 Å². The van der Waals surface area contributed by atoms with Gasteiger partial charge in [0.05, 0.1) is 35.9 Å². The van der Waals surface area contributed by atoms with Gasteiger partial charge in [-0.15, -0.1) is 0 Å². The quantitative estimate of drug-likeness (QED) is 0.607. The van der Waals surface area contributed by atoms with Crippen molar-refractivity contribution in [1.82, 2.24) is 0 Å². The number of ether oxygens (including phenoxy) is 2. The Morgan fingerprint density at radius 3 is 2.65 bits per heavy atom. The maximum atomic E-state index is 14.5. The van der Waals surface area contributed by atoms with E-state index in [4.69, 9.17) is 9.47 Å². The van der Waals surface area contributed by atoms with E-state index >= 15 is 0 Å². The van der Waals surface area contributed by atoms with Crippen LogP contribution in [0.4, 0.5) is 15.8 Å². The summed E-state index contributed by atoms with van der Waals surface area (Å²) in [4.78, 5) is 12.2. The van der Waals surface area contributed by atoms with Gasteiger partial charge < -0.3 is 14.4 Å². The van der Waals surface area contributed by atoms with Gasteiger partial charge in [-0.3, -0.25) is 10.1 Å². The van der Waals surface area contributed by atoms with Gasteiger partial charge in [-0.05, 0) is 36.6 Å². The second-order valence-corrected chi connectivity index (χ2v) is 6.50. The average molecular weight is 358 g/mol. The summed E-state index contributed by atoms with van der Waals surface area (Å²) >= 11 is 0. The minimum atomic E-state index is -0.585. The zero-order valence-electron chi connectivity index (χ0n) is 14.2. The number of fused-ring (bicyclic) bond motifs is 1. The SMILES string of the molecule is O=[N+]([O-])c1ccc(N2CCC[C@H]2c2ccc3c(c2)OCCCO3)c(F)c1. The summed E-state index contributed by atoms with van der Waals surface area (Å²) in [7, 11) is 0. The standard InChI is InChI=1S/C19H19FN2O4/c20-15-12-14(22(23)24)5-6-17(15)21-8-1-3-16(21)13-4-7-18-19(11-13)26-10-2-9-25-18/h4-7,11-12,16H,1-3,8-10H2/t16-/m0/s1. The van der Waals surface area contributed by atoms with E-state index < -0.39 is 10.7 Å². The molecule has 0 unspecified atom stereocenters. The van der Waals surface area contributed by atoms with Crippen molar-refractivity contribution in [2.24, 2.45) is 0 Å². The van der Waals surface area contributed by atoms with Crippen LogP contribution >= 0.6 is 0 Å². The largest absolute Gasteiger partial charge is 0.490 e. The Hall–Kier alpha value is -2.83. The molecule has 1 saturated heterocycles. The van der Waals surface area contributed by atoms with E-state index in [1.165, 1.54) is 12.1 Å². The molecule has 6 nitrogen and oxygen atoms in total. The second kappa shape index (κ2) is 6.82. The zero-order valence-corrected chi connectivity index (χ0v) is 14.2. The predicted octanol–water partition coefficient (Wildman–Crippen LogP) is 4.24. The van der Waals surface area contributed by atoms with Crippen LogP contribution in [-0.2, 0) is 0 Å². The summed E-state index contributed by atoms with van der Waals surface area (Å²) in [5.41, 5.74) is 1.19. The minimum Gasteiger partial charge on any atom is -0.490 e. The fourth-order valence-corrected chi connectivity index (χ4v) is 3.63. The fourth-order valence-electron chi connectivity index (χ4n) is 3.63. The van der Waals surface area contributed by atoms with E-state index in [0.717, 1.165) is 42.4 Å². The van der Waals surface area contributed by atoms with Crippen LogP contribution in [0.3, 0.4) is 0 Å². The van der Waals surface area contributed by atoms with Crippen LogP contribution in [0, 0.1) is 15.9 Å². The third kappa shape index (κ3) is 3.05. The number of nitrogens with zero attached hydrogens (tertiary/aromatic N) is 2. The first-order chi connectivity index (χ1) is 12.6. The summed E-state index contributed by atoms with van der Waals surface area (Å²) in [6.45, 7) is 1.95. The lowest BCUT2D eigenvalue weighted by Gasteiger charge is -2.28. The Balaban J connectivity index is 1.65. The minimum absolute atomic E-state index is 0.00288. The molecule has 2 aromatic carbocycles. The topological polar surface area (TPSA) is 64.8 Å². The number of anilines is 1. The summed E-state index contributed by atoms with van der Waals surface area (Å²) in [6, 6.07) is 9.68. The average Bonchev–Trinajstić information content (AvgIpc) is 2.99. The molecule has 0 spiro atoms. The maximum Gasteiger partial charge on any atom is 0.272 e. The molecule has 0 N–H and O–H groups in total. The summed E-state index contributed by atoms with van der Waals surface area (Å²) < 4.78 is 25.9. The first kappa shape index (κ1) is 16.6. The molecule has 2 aliphatic rings. The number of benzene rings is 2. The second-order valence-electron chi connectivity index (χ2n) is 6.50. The highest BCUT2D eigenvalue weighted by Gasteiger charge is 2.29. The van der Waals surface area contributed by atoms with Gasteiger partial charge in [-0.1, -0.05) is 6.07 Å². The van der Waals surface area contributed by atoms with Crippen molar-refractivity contribution in [3.63, 3.8) is 0 Å².